The predicted octanol–water partition coefficient (Wildman–Crippen LogP) is 4.10. The lowest BCUT2D eigenvalue weighted by molar-refractivity contribution is 0.210. The highest BCUT2D eigenvalue weighted by Crippen LogP contribution is 2.29. The van der Waals surface area contributed by atoms with Crippen molar-refractivity contribution < 1.29 is 0 Å². The molecule has 3 heterocycles. The van der Waals surface area contributed by atoms with Crippen molar-refractivity contribution >= 4 is 5.95 Å². The molecule has 1 aliphatic carbocycles. The summed E-state index contributed by atoms with van der Waals surface area (Å²) in [4.78, 5) is 10.4. The van der Waals surface area contributed by atoms with E-state index in [1.165, 1.54) is 51.1 Å². The van der Waals surface area contributed by atoms with Crippen molar-refractivity contribution in [2.45, 2.75) is 70.8 Å². The Morgan fingerprint density at radius 2 is 1.62 bits per heavy atom. The van der Waals surface area contributed by atoms with Gasteiger partial charge in [-0.15, -0.1) is 0 Å². The van der Waals surface area contributed by atoms with Crippen molar-refractivity contribution in [3.05, 3.63) is 23.7 Å². The zero-order valence-electron chi connectivity index (χ0n) is 17.8. The molecule has 156 valence electrons. The van der Waals surface area contributed by atoms with Gasteiger partial charge in [0, 0.05) is 11.3 Å². The van der Waals surface area contributed by atoms with Gasteiger partial charge in [0.05, 0.1) is 29.7 Å². The van der Waals surface area contributed by atoms with E-state index in [0.29, 0.717) is 17.3 Å². The molecule has 7 nitrogen and oxygen atoms in total. The van der Waals surface area contributed by atoms with Gasteiger partial charge in [0.15, 0.2) is 0 Å². The molecule has 2 aromatic heterocycles. The maximum Gasteiger partial charge on any atom is 0.220 e. The first-order valence-electron chi connectivity index (χ1n) is 10.9. The van der Waals surface area contributed by atoms with Gasteiger partial charge in [0.2, 0.25) is 5.95 Å². The summed E-state index contributed by atoms with van der Waals surface area (Å²) in [7, 11) is 2.14. The van der Waals surface area contributed by atoms with Crippen molar-refractivity contribution in [1.82, 2.24) is 24.6 Å². The highest BCUT2D eigenvalue weighted by atomic mass is 15.3. The Balaban J connectivity index is 0.000000290. The first-order chi connectivity index (χ1) is 14.1. The Bertz CT molecular complexity index is 809. The summed E-state index contributed by atoms with van der Waals surface area (Å²) in [5.41, 5.74) is 8.52. The smallest absolute Gasteiger partial charge is 0.220 e. The highest BCUT2D eigenvalue weighted by molar-refractivity contribution is 5.68. The molecule has 0 unspecified atom stereocenters. The number of nitrogens with zero attached hydrogens (tertiary/aromatic N) is 6. The van der Waals surface area contributed by atoms with E-state index < -0.39 is 0 Å². The van der Waals surface area contributed by atoms with Crippen molar-refractivity contribution in [2.24, 2.45) is 0 Å². The minimum Gasteiger partial charge on any atom is -0.368 e. The summed E-state index contributed by atoms with van der Waals surface area (Å²) in [6, 6.07) is 2.52. The maximum atomic E-state index is 9.24. The van der Waals surface area contributed by atoms with E-state index in [1.54, 1.807) is 6.20 Å². The molecule has 29 heavy (non-hydrogen) atoms. The van der Waals surface area contributed by atoms with Gasteiger partial charge in [0.1, 0.15) is 6.07 Å². The average molecular weight is 396 g/mol. The fraction of sp³-hybridized carbons (Fsp3) is 0.636. The predicted molar refractivity (Wildman–Crippen MR) is 115 cm³/mol. The molecule has 0 spiro atoms. The molecule has 0 bridgehead atoms. The molecule has 4 rings (SSSR count). The number of nitrogens with two attached hydrogens (primary N) is 1. The number of nitriles is 1. The van der Waals surface area contributed by atoms with E-state index in [0.717, 1.165) is 37.2 Å². The molecule has 0 aromatic carbocycles. The third-order valence-corrected chi connectivity index (χ3v) is 6.01. The van der Waals surface area contributed by atoms with Crippen molar-refractivity contribution in [3.63, 3.8) is 0 Å². The summed E-state index contributed by atoms with van der Waals surface area (Å²) < 4.78 is 2.06. The van der Waals surface area contributed by atoms with Gasteiger partial charge in [-0.2, -0.15) is 10.4 Å². The van der Waals surface area contributed by atoms with Crippen LogP contribution in [0, 0.1) is 18.3 Å². The first kappa shape index (κ1) is 21.3. The van der Waals surface area contributed by atoms with Crippen molar-refractivity contribution in [1.29, 1.82) is 5.26 Å². The van der Waals surface area contributed by atoms with Gasteiger partial charge in [-0.25, -0.2) is 9.97 Å². The number of aromatic nitrogens is 4. The van der Waals surface area contributed by atoms with Crippen LogP contribution in [0.3, 0.4) is 0 Å². The normalized spacial score (nSPS) is 18.4. The molecule has 0 radical (unpaired) electrons. The molecule has 1 saturated heterocycles. The standard InChI is InChI=1S/C15H19N7.C7H14/c1-10-13(14-11(7-16)8-18-15(17)20-14)9-19-22(10)12-3-5-21(2)6-4-12;1-2-4-6-7-5-3-1/h8-9,12H,3-6H2,1-2H3,(H2,17,18,20);1-7H2. The molecule has 1 saturated carbocycles. The number of piperidine rings is 1. The lowest BCUT2D eigenvalue weighted by Crippen LogP contribution is -2.32. The molecule has 2 N–H and O–H groups in total. The molecular formula is C22H33N7. The Morgan fingerprint density at radius 1 is 1.03 bits per heavy atom. The molecule has 0 amide bonds. The third-order valence-electron chi connectivity index (χ3n) is 6.01. The Labute approximate surface area is 173 Å². The van der Waals surface area contributed by atoms with E-state index in [9.17, 15) is 5.26 Å². The van der Waals surface area contributed by atoms with Crippen LogP contribution in [0.15, 0.2) is 12.4 Å². The van der Waals surface area contributed by atoms with Crippen LogP contribution in [0.4, 0.5) is 5.95 Å². The second-order valence-corrected chi connectivity index (χ2v) is 8.20. The minimum atomic E-state index is 0.167. The number of anilines is 1. The van der Waals surface area contributed by atoms with Crippen LogP contribution in [0.2, 0.25) is 0 Å². The van der Waals surface area contributed by atoms with Crippen LogP contribution in [-0.2, 0) is 0 Å². The van der Waals surface area contributed by atoms with Gasteiger partial charge in [-0.05, 0) is 39.9 Å². The second kappa shape index (κ2) is 10.4. The van der Waals surface area contributed by atoms with E-state index in [4.69, 9.17) is 5.73 Å². The van der Waals surface area contributed by atoms with Gasteiger partial charge in [-0.3, -0.25) is 4.68 Å². The number of likely N-dealkylation sites (tertiary alicyclic amines) is 1. The molecule has 0 atom stereocenters. The summed E-state index contributed by atoms with van der Waals surface area (Å²) in [6.45, 7) is 4.16. The quantitative estimate of drug-likeness (QED) is 0.769. The van der Waals surface area contributed by atoms with Crippen LogP contribution in [0.25, 0.3) is 11.3 Å². The third kappa shape index (κ3) is 5.54. The zero-order chi connectivity index (χ0) is 20.6. The molecular weight excluding hydrogens is 362 g/mol. The van der Waals surface area contributed by atoms with Gasteiger partial charge >= 0.3 is 0 Å². The first-order valence-corrected chi connectivity index (χ1v) is 10.9. The molecule has 2 aliphatic rings. The monoisotopic (exact) mass is 395 g/mol. The summed E-state index contributed by atoms with van der Waals surface area (Å²) >= 11 is 0. The van der Waals surface area contributed by atoms with E-state index >= 15 is 0 Å². The zero-order valence-corrected chi connectivity index (χ0v) is 17.8. The molecule has 7 heteroatoms. The fourth-order valence-electron chi connectivity index (χ4n) is 4.18. The molecule has 1 aliphatic heterocycles. The number of nitrogen functional groups attached to an aromatic ring is 1. The summed E-state index contributed by atoms with van der Waals surface area (Å²) in [5, 5.41) is 13.8. The van der Waals surface area contributed by atoms with Crippen LogP contribution < -0.4 is 5.73 Å². The summed E-state index contributed by atoms with van der Waals surface area (Å²) in [6.07, 6.45) is 15.9. The largest absolute Gasteiger partial charge is 0.368 e. The van der Waals surface area contributed by atoms with Gasteiger partial charge in [-0.1, -0.05) is 44.9 Å². The van der Waals surface area contributed by atoms with Crippen molar-refractivity contribution in [3.8, 4) is 17.3 Å². The Kier molecular flexibility index (Phi) is 7.59. The van der Waals surface area contributed by atoms with Crippen LogP contribution in [0.5, 0.6) is 0 Å². The Hall–Kier alpha value is -2.46. The van der Waals surface area contributed by atoms with Crippen LogP contribution in [-0.4, -0.2) is 44.8 Å². The lowest BCUT2D eigenvalue weighted by Gasteiger charge is -2.29. The van der Waals surface area contributed by atoms with Crippen LogP contribution in [0.1, 0.15) is 75.1 Å². The van der Waals surface area contributed by atoms with Gasteiger partial charge in [0.25, 0.3) is 0 Å². The van der Waals surface area contributed by atoms with E-state index in [2.05, 4.69) is 37.8 Å². The average Bonchev–Trinajstić information content (AvgIpc) is 2.93. The van der Waals surface area contributed by atoms with Gasteiger partial charge < -0.3 is 10.6 Å². The van der Waals surface area contributed by atoms with E-state index in [-0.39, 0.29) is 5.95 Å². The lowest BCUT2D eigenvalue weighted by atomic mass is 10.0. The molecule has 2 fully saturated rings. The van der Waals surface area contributed by atoms with E-state index in [1.807, 2.05) is 6.92 Å². The molecule has 2 aromatic rings. The second-order valence-electron chi connectivity index (χ2n) is 8.20. The number of rotatable bonds is 2. The minimum absolute atomic E-state index is 0.167. The number of hydrogen-bond donors (Lipinski definition) is 1. The highest BCUT2D eigenvalue weighted by Gasteiger charge is 2.23. The Morgan fingerprint density at radius 3 is 2.17 bits per heavy atom. The van der Waals surface area contributed by atoms with Crippen molar-refractivity contribution in [2.75, 3.05) is 25.9 Å². The number of hydrogen-bond acceptors (Lipinski definition) is 6. The fourth-order valence-corrected chi connectivity index (χ4v) is 4.18. The van der Waals surface area contributed by atoms with Crippen LogP contribution >= 0.6 is 0 Å². The SMILES string of the molecule is C1CCCCCC1.Cc1c(-c2nc(N)ncc2C#N)cnn1C1CCN(C)CC1. The summed E-state index contributed by atoms with van der Waals surface area (Å²) in [5.74, 6) is 0.167. The topological polar surface area (TPSA) is 96.6 Å². The maximum absolute atomic E-state index is 9.24.